The van der Waals surface area contributed by atoms with E-state index in [2.05, 4.69) is 10.5 Å². The predicted molar refractivity (Wildman–Crippen MR) is 159 cm³/mol. The molecule has 0 aliphatic rings. The van der Waals surface area contributed by atoms with E-state index in [9.17, 15) is 23.3 Å². The van der Waals surface area contributed by atoms with Crippen molar-refractivity contribution >= 4 is 33.5 Å². The van der Waals surface area contributed by atoms with Gasteiger partial charge in [0.2, 0.25) is 10.0 Å². The van der Waals surface area contributed by atoms with Crippen molar-refractivity contribution in [3.63, 3.8) is 0 Å². The number of hydrazone groups is 1. The molecule has 4 rings (SSSR count). The Kier molecular flexibility index (Phi) is 9.50. The molecular weight excluding hydrogens is 560 g/mol. The summed E-state index contributed by atoms with van der Waals surface area (Å²) in [6.45, 7) is 1.70. The van der Waals surface area contributed by atoms with Crippen molar-refractivity contribution < 1.29 is 27.6 Å². The van der Waals surface area contributed by atoms with Crippen LogP contribution < -0.4 is 19.2 Å². The summed E-state index contributed by atoms with van der Waals surface area (Å²) in [6, 6.07) is 27.4. The number of carbonyl (C=O) groups excluding carboxylic acids is 1. The molecule has 0 bridgehead atoms. The number of anilines is 1. The molecule has 0 saturated heterocycles. The first-order valence-electron chi connectivity index (χ1n) is 12.7. The smallest absolute Gasteiger partial charge is 0.269 e. The van der Waals surface area contributed by atoms with Gasteiger partial charge in [0, 0.05) is 12.1 Å². The average molecular weight is 589 g/mol. The molecule has 216 valence electrons. The summed E-state index contributed by atoms with van der Waals surface area (Å²) in [5, 5.41) is 14.7. The fraction of sp³-hybridized carbons (Fsp3) is 0.133. The van der Waals surface area contributed by atoms with E-state index in [1.807, 2.05) is 18.2 Å². The van der Waals surface area contributed by atoms with Crippen LogP contribution in [0.1, 0.15) is 18.1 Å². The number of rotatable bonds is 12. The Balaban J connectivity index is 1.33. The zero-order valence-electron chi connectivity index (χ0n) is 22.8. The number of nitro groups is 1. The van der Waals surface area contributed by atoms with Gasteiger partial charge in [0.05, 0.1) is 23.1 Å². The van der Waals surface area contributed by atoms with E-state index in [-0.39, 0.29) is 12.3 Å². The van der Waals surface area contributed by atoms with E-state index in [0.717, 1.165) is 16.1 Å². The minimum absolute atomic E-state index is 0.0104. The lowest BCUT2D eigenvalue weighted by atomic mass is 10.2. The second-order valence-electron chi connectivity index (χ2n) is 9.16. The van der Waals surface area contributed by atoms with Crippen LogP contribution in [-0.2, 0) is 21.4 Å². The predicted octanol–water partition coefficient (Wildman–Crippen LogP) is 5.27. The lowest BCUT2D eigenvalue weighted by Crippen LogP contribution is -2.46. The van der Waals surface area contributed by atoms with Crippen LogP contribution in [0.2, 0.25) is 0 Å². The van der Waals surface area contributed by atoms with Gasteiger partial charge in [-0.15, -0.1) is 0 Å². The standard InChI is InChI=1S/C30H28N4O7S/c1-22(33(42(2,38)39)25-14-18-29(19-15-25)41-28-6-4-3-5-7-28)30(35)32-31-20-23-10-16-27(17-11-23)40-21-24-8-12-26(13-9-24)34(36)37/h3-20,22H,21H2,1-2H3,(H,32,35)/b31-20-/t22-/m0/s1. The molecule has 0 spiro atoms. The van der Waals surface area contributed by atoms with Crippen molar-refractivity contribution in [3.05, 3.63) is 124 Å². The van der Waals surface area contributed by atoms with Crippen LogP contribution >= 0.6 is 0 Å². The van der Waals surface area contributed by atoms with Gasteiger partial charge in [-0.05, 0) is 90.8 Å². The van der Waals surface area contributed by atoms with Crippen LogP contribution in [0.4, 0.5) is 11.4 Å². The van der Waals surface area contributed by atoms with Gasteiger partial charge in [0.25, 0.3) is 11.6 Å². The molecular formula is C30H28N4O7S. The topological polar surface area (TPSA) is 140 Å². The second-order valence-corrected chi connectivity index (χ2v) is 11.0. The van der Waals surface area contributed by atoms with Crippen LogP contribution in [0, 0.1) is 10.1 Å². The van der Waals surface area contributed by atoms with Crippen molar-refractivity contribution in [2.45, 2.75) is 19.6 Å². The molecule has 4 aromatic rings. The third-order valence-corrected chi connectivity index (χ3v) is 7.22. The molecule has 0 aromatic heterocycles. The molecule has 42 heavy (non-hydrogen) atoms. The molecule has 0 fully saturated rings. The normalized spacial score (nSPS) is 12.0. The SMILES string of the molecule is C[C@@H](C(=O)N/N=C\c1ccc(OCc2ccc([N+](=O)[O-])cc2)cc1)N(c1ccc(Oc2ccccc2)cc1)S(C)(=O)=O. The number of non-ortho nitro benzene ring substituents is 1. The summed E-state index contributed by atoms with van der Waals surface area (Å²) in [6.07, 6.45) is 2.45. The van der Waals surface area contributed by atoms with Crippen molar-refractivity contribution in [2.24, 2.45) is 5.10 Å². The number of carbonyl (C=O) groups is 1. The molecule has 1 N–H and O–H groups in total. The van der Waals surface area contributed by atoms with Crippen LogP contribution in [0.5, 0.6) is 17.2 Å². The van der Waals surface area contributed by atoms with Crippen molar-refractivity contribution in [2.75, 3.05) is 10.6 Å². The highest BCUT2D eigenvalue weighted by Crippen LogP contribution is 2.27. The lowest BCUT2D eigenvalue weighted by molar-refractivity contribution is -0.384. The van der Waals surface area contributed by atoms with Gasteiger partial charge >= 0.3 is 0 Å². The fourth-order valence-corrected chi connectivity index (χ4v) is 5.06. The number of hydrogen-bond acceptors (Lipinski definition) is 8. The first-order chi connectivity index (χ1) is 20.1. The summed E-state index contributed by atoms with van der Waals surface area (Å²) in [5.74, 6) is 1.11. The monoisotopic (exact) mass is 588 g/mol. The van der Waals surface area contributed by atoms with Crippen LogP contribution in [0.25, 0.3) is 0 Å². The van der Waals surface area contributed by atoms with Crippen molar-refractivity contribution in [1.29, 1.82) is 0 Å². The molecule has 1 atom stereocenters. The maximum Gasteiger partial charge on any atom is 0.269 e. The Labute approximate surface area is 243 Å². The van der Waals surface area contributed by atoms with Crippen LogP contribution in [0.3, 0.4) is 0 Å². The Morgan fingerprint density at radius 3 is 2.12 bits per heavy atom. The first kappa shape index (κ1) is 29.7. The molecule has 0 saturated carbocycles. The van der Waals surface area contributed by atoms with Crippen LogP contribution in [-0.4, -0.2) is 37.8 Å². The summed E-state index contributed by atoms with van der Waals surface area (Å²) in [4.78, 5) is 23.1. The molecule has 0 aliphatic carbocycles. The maximum atomic E-state index is 12.8. The molecule has 12 heteroatoms. The van der Waals surface area contributed by atoms with Crippen molar-refractivity contribution in [1.82, 2.24) is 5.43 Å². The number of nitrogens with zero attached hydrogens (tertiary/aromatic N) is 3. The van der Waals surface area contributed by atoms with Gasteiger partial charge in [0.15, 0.2) is 0 Å². The van der Waals surface area contributed by atoms with Gasteiger partial charge < -0.3 is 9.47 Å². The number of nitrogens with one attached hydrogen (secondary N) is 1. The third kappa shape index (κ3) is 8.15. The number of sulfonamides is 1. The summed E-state index contributed by atoms with van der Waals surface area (Å²) in [5.41, 5.74) is 4.15. The average Bonchev–Trinajstić information content (AvgIpc) is 2.97. The lowest BCUT2D eigenvalue weighted by Gasteiger charge is -2.27. The third-order valence-electron chi connectivity index (χ3n) is 5.98. The summed E-state index contributed by atoms with van der Waals surface area (Å²) >= 11 is 0. The minimum atomic E-state index is -3.81. The highest BCUT2D eigenvalue weighted by atomic mass is 32.2. The summed E-state index contributed by atoms with van der Waals surface area (Å²) in [7, 11) is -3.81. The molecule has 11 nitrogen and oxygen atoms in total. The van der Waals surface area contributed by atoms with Crippen LogP contribution in [0.15, 0.2) is 108 Å². The van der Waals surface area contributed by atoms with E-state index in [1.54, 1.807) is 72.8 Å². The Bertz CT molecular complexity index is 1640. The number of hydrogen-bond donors (Lipinski definition) is 1. The number of para-hydroxylation sites is 1. The number of ether oxygens (including phenoxy) is 2. The van der Waals surface area contributed by atoms with E-state index in [1.165, 1.54) is 25.3 Å². The van der Waals surface area contributed by atoms with E-state index in [4.69, 9.17) is 9.47 Å². The molecule has 0 aliphatic heterocycles. The first-order valence-corrected chi connectivity index (χ1v) is 14.6. The summed E-state index contributed by atoms with van der Waals surface area (Å²) < 4.78 is 37.7. The minimum Gasteiger partial charge on any atom is -0.489 e. The number of benzene rings is 4. The molecule has 0 unspecified atom stereocenters. The molecule has 0 heterocycles. The van der Waals surface area contributed by atoms with Gasteiger partial charge in [-0.3, -0.25) is 19.2 Å². The highest BCUT2D eigenvalue weighted by Gasteiger charge is 2.29. The largest absolute Gasteiger partial charge is 0.489 e. The molecule has 0 radical (unpaired) electrons. The zero-order valence-corrected chi connectivity index (χ0v) is 23.6. The van der Waals surface area contributed by atoms with E-state index in [0.29, 0.717) is 28.5 Å². The Morgan fingerprint density at radius 1 is 0.929 bits per heavy atom. The van der Waals surface area contributed by atoms with Gasteiger partial charge in [-0.25, -0.2) is 13.8 Å². The van der Waals surface area contributed by atoms with Gasteiger partial charge in [-0.2, -0.15) is 5.10 Å². The molecule has 1 amide bonds. The van der Waals surface area contributed by atoms with Gasteiger partial charge in [-0.1, -0.05) is 18.2 Å². The number of amides is 1. The van der Waals surface area contributed by atoms with Gasteiger partial charge in [0.1, 0.15) is 29.9 Å². The second kappa shape index (κ2) is 13.4. The van der Waals surface area contributed by atoms with E-state index < -0.39 is 26.9 Å². The number of nitro benzene ring substituents is 1. The maximum absolute atomic E-state index is 12.8. The molecule has 4 aromatic carbocycles. The Morgan fingerprint density at radius 2 is 1.52 bits per heavy atom. The zero-order chi connectivity index (χ0) is 30.1. The van der Waals surface area contributed by atoms with Crippen molar-refractivity contribution in [3.8, 4) is 17.2 Å². The fourth-order valence-electron chi connectivity index (χ4n) is 3.89. The quantitative estimate of drug-likeness (QED) is 0.135. The highest BCUT2D eigenvalue weighted by molar-refractivity contribution is 7.92. The Hall–Kier alpha value is -5.23. The van der Waals surface area contributed by atoms with E-state index >= 15 is 0 Å².